The van der Waals surface area contributed by atoms with E-state index in [4.69, 9.17) is 4.74 Å². The number of carbonyl (C=O) groups excluding carboxylic acids is 2. The molecule has 0 saturated carbocycles. The van der Waals surface area contributed by atoms with Crippen molar-refractivity contribution in [3.8, 4) is 0 Å². The summed E-state index contributed by atoms with van der Waals surface area (Å²) in [5.74, 6) is 0.350. The second-order valence-corrected chi connectivity index (χ2v) is 4.70. The number of nitrogens with one attached hydrogen (secondary N) is 1. The molecule has 2 heterocycles. The molecule has 0 bridgehead atoms. The van der Waals surface area contributed by atoms with Crippen LogP contribution in [0.3, 0.4) is 0 Å². The van der Waals surface area contributed by atoms with Gasteiger partial charge in [0.2, 0.25) is 5.91 Å². The summed E-state index contributed by atoms with van der Waals surface area (Å²) in [7, 11) is 0. The first-order valence-electron chi connectivity index (χ1n) is 6.63. The van der Waals surface area contributed by atoms with Crippen LogP contribution in [0.4, 0.5) is 4.79 Å². The first kappa shape index (κ1) is 13.1. The van der Waals surface area contributed by atoms with Gasteiger partial charge in [-0.05, 0) is 19.9 Å². The van der Waals surface area contributed by atoms with Gasteiger partial charge in [0.05, 0.1) is 12.5 Å². The second-order valence-electron chi connectivity index (χ2n) is 4.70. The molecular weight excluding hydrogens is 234 g/mol. The molecule has 2 aliphatic rings. The number of piperazine rings is 1. The molecule has 6 nitrogen and oxygen atoms in total. The SMILES string of the molecule is CCOC(=O)N1CCN(C(=O)C2CCNC2)CC1. The number of hydrogen-bond acceptors (Lipinski definition) is 4. The third-order valence-electron chi connectivity index (χ3n) is 3.53. The van der Waals surface area contributed by atoms with E-state index in [9.17, 15) is 9.59 Å². The zero-order valence-corrected chi connectivity index (χ0v) is 10.9. The lowest BCUT2D eigenvalue weighted by Crippen LogP contribution is -2.52. The van der Waals surface area contributed by atoms with Gasteiger partial charge in [-0.1, -0.05) is 0 Å². The van der Waals surface area contributed by atoms with Crippen molar-refractivity contribution in [1.29, 1.82) is 0 Å². The molecule has 2 fully saturated rings. The first-order chi connectivity index (χ1) is 8.72. The highest BCUT2D eigenvalue weighted by atomic mass is 16.6. The van der Waals surface area contributed by atoms with Crippen LogP contribution in [0.15, 0.2) is 0 Å². The molecule has 2 amide bonds. The summed E-state index contributed by atoms with van der Waals surface area (Å²) < 4.78 is 4.95. The maximum atomic E-state index is 12.2. The average molecular weight is 255 g/mol. The summed E-state index contributed by atoms with van der Waals surface area (Å²) in [6.45, 7) is 6.30. The van der Waals surface area contributed by atoms with Crippen LogP contribution >= 0.6 is 0 Å². The summed E-state index contributed by atoms with van der Waals surface area (Å²) >= 11 is 0. The highest BCUT2D eigenvalue weighted by Gasteiger charge is 2.30. The Morgan fingerprint density at radius 1 is 1.22 bits per heavy atom. The third kappa shape index (κ3) is 2.93. The molecule has 2 saturated heterocycles. The number of nitrogens with zero attached hydrogens (tertiary/aromatic N) is 2. The van der Waals surface area contributed by atoms with E-state index < -0.39 is 0 Å². The van der Waals surface area contributed by atoms with Crippen molar-refractivity contribution in [3.63, 3.8) is 0 Å². The molecule has 0 aromatic rings. The van der Waals surface area contributed by atoms with Crippen LogP contribution in [0.1, 0.15) is 13.3 Å². The quantitative estimate of drug-likeness (QED) is 0.748. The Morgan fingerprint density at radius 3 is 2.44 bits per heavy atom. The molecule has 1 N–H and O–H groups in total. The number of hydrogen-bond donors (Lipinski definition) is 1. The second kappa shape index (κ2) is 6.04. The number of rotatable bonds is 2. The summed E-state index contributed by atoms with van der Waals surface area (Å²) in [5.41, 5.74) is 0. The van der Waals surface area contributed by atoms with Gasteiger partial charge >= 0.3 is 6.09 Å². The van der Waals surface area contributed by atoms with Crippen molar-refractivity contribution in [2.75, 3.05) is 45.9 Å². The van der Waals surface area contributed by atoms with Gasteiger partial charge in [0.25, 0.3) is 0 Å². The maximum Gasteiger partial charge on any atom is 0.409 e. The van der Waals surface area contributed by atoms with Gasteiger partial charge in [-0.3, -0.25) is 4.79 Å². The molecule has 1 atom stereocenters. The fourth-order valence-corrected chi connectivity index (χ4v) is 2.45. The summed E-state index contributed by atoms with van der Waals surface area (Å²) in [5, 5.41) is 3.20. The lowest BCUT2D eigenvalue weighted by atomic mass is 10.1. The predicted octanol–water partition coefficient (Wildman–Crippen LogP) is -0.103. The minimum atomic E-state index is -0.271. The first-order valence-corrected chi connectivity index (χ1v) is 6.63. The van der Waals surface area contributed by atoms with Crippen LogP contribution in [0.2, 0.25) is 0 Å². The van der Waals surface area contributed by atoms with Crippen LogP contribution < -0.4 is 5.32 Å². The minimum Gasteiger partial charge on any atom is -0.450 e. The van der Waals surface area contributed by atoms with E-state index in [1.807, 2.05) is 4.90 Å². The number of amides is 2. The van der Waals surface area contributed by atoms with Gasteiger partial charge in [-0.15, -0.1) is 0 Å². The van der Waals surface area contributed by atoms with Crippen molar-refractivity contribution < 1.29 is 14.3 Å². The fraction of sp³-hybridized carbons (Fsp3) is 0.833. The van der Waals surface area contributed by atoms with Crippen LogP contribution in [-0.4, -0.2) is 67.7 Å². The molecular formula is C12H21N3O3. The van der Waals surface area contributed by atoms with Crippen molar-refractivity contribution in [3.05, 3.63) is 0 Å². The largest absolute Gasteiger partial charge is 0.450 e. The molecule has 18 heavy (non-hydrogen) atoms. The molecule has 0 aliphatic carbocycles. The fourth-order valence-electron chi connectivity index (χ4n) is 2.45. The Morgan fingerprint density at radius 2 is 1.89 bits per heavy atom. The van der Waals surface area contributed by atoms with Crippen molar-refractivity contribution in [1.82, 2.24) is 15.1 Å². The van der Waals surface area contributed by atoms with Gasteiger partial charge in [-0.2, -0.15) is 0 Å². The molecule has 2 rings (SSSR count). The Balaban J connectivity index is 1.79. The van der Waals surface area contributed by atoms with E-state index in [0.717, 1.165) is 19.5 Å². The zero-order chi connectivity index (χ0) is 13.0. The maximum absolute atomic E-state index is 12.2. The molecule has 6 heteroatoms. The number of carbonyl (C=O) groups is 2. The van der Waals surface area contributed by atoms with E-state index in [2.05, 4.69) is 5.32 Å². The molecule has 0 spiro atoms. The Hall–Kier alpha value is -1.30. The normalized spacial score (nSPS) is 24.2. The Labute approximate surface area is 107 Å². The van der Waals surface area contributed by atoms with E-state index in [0.29, 0.717) is 32.8 Å². The van der Waals surface area contributed by atoms with Crippen molar-refractivity contribution in [2.24, 2.45) is 5.92 Å². The Bertz CT molecular complexity index is 308. The van der Waals surface area contributed by atoms with Crippen LogP contribution in [0, 0.1) is 5.92 Å². The van der Waals surface area contributed by atoms with Gasteiger partial charge in [0, 0.05) is 32.7 Å². The highest BCUT2D eigenvalue weighted by molar-refractivity contribution is 5.79. The van der Waals surface area contributed by atoms with E-state index in [-0.39, 0.29) is 17.9 Å². The highest BCUT2D eigenvalue weighted by Crippen LogP contribution is 2.14. The molecule has 0 radical (unpaired) electrons. The van der Waals surface area contributed by atoms with E-state index >= 15 is 0 Å². The van der Waals surface area contributed by atoms with Gasteiger partial charge in [0.15, 0.2) is 0 Å². The summed E-state index contributed by atoms with van der Waals surface area (Å²) in [6.07, 6.45) is 0.656. The van der Waals surface area contributed by atoms with Crippen molar-refractivity contribution in [2.45, 2.75) is 13.3 Å². The molecule has 102 valence electrons. The van der Waals surface area contributed by atoms with E-state index in [1.54, 1.807) is 11.8 Å². The topological polar surface area (TPSA) is 61.9 Å². The predicted molar refractivity (Wildman–Crippen MR) is 66.2 cm³/mol. The zero-order valence-electron chi connectivity index (χ0n) is 10.9. The van der Waals surface area contributed by atoms with Crippen LogP contribution in [0.25, 0.3) is 0 Å². The Kier molecular flexibility index (Phi) is 4.41. The van der Waals surface area contributed by atoms with Gasteiger partial charge in [-0.25, -0.2) is 4.79 Å². The molecule has 1 unspecified atom stereocenters. The monoisotopic (exact) mass is 255 g/mol. The summed E-state index contributed by atoms with van der Waals surface area (Å²) in [6, 6.07) is 0. The lowest BCUT2D eigenvalue weighted by molar-refractivity contribution is -0.136. The van der Waals surface area contributed by atoms with Crippen LogP contribution in [0.5, 0.6) is 0 Å². The number of ether oxygens (including phenoxy) is 1. The average Bonchev–Trinajstić information content (AvgIpc) is 2.92. The van der Waals surface area contributed by atoms with Gasteiger partial charge in [0.1, 0.15) is 0 Å². The smallest absolute Gasteiger partial charge is 0.409 e. The molecule has 2 aliphatic heterocycles. The molecule has 0 aromatic heterocycles. The van der Waals surface area contributed by atoms with Gasteiger partial charge < -0.3 is 19.9 Å². The summed E-state index contributed by atoms with van der Waals surface area (Å²) in [4.78, 5) is 27.2. The lowest BCUT2D eigenvalue weighted by Gasteiger charge is -2.35. The van der Waals surface area contributed by atoms with Crippen molar-refractivity contribution >= 4 is 12.0 Å². The van der Waals surface area contributed by atoms with Crippen LogP contribution in [-0.2, 0) is 9.53 Å². The third-order valence-corrected chi connectivity index (χ3v) is 3.53. The molecule has 0 aromatic carbocycles. The van der Waals surface area contributed by atoms with E-state index in [1.165, 1.54) is 0 Å². The standard InChI is InChI=1S/C12H21N3O3/c1-2-18-12(17)15-7-5-14(6-8-15)11(16)10-3-4-13-9-10/h10,13H,2-9H2,1H3. The minimum absolute atomic E-state index is 0.124.